The van der Waals surface area contributed by atoms with E-state index in [1.807, 2.05) is 19.1 Å². The van der Waals surface area contributed by atoms with Crippen LogP contribution in [-0.2, 0) is 9.53 Å². The monoisotopic (exact) mass is 381 g/mol. The van der Waals surface area contributed by atoms with Crippen molar-refractivity contribution in [2.45, 2.75) is 58.1 Å². The number of aliphatic hydroxyl groups excluding tert-OH is 1. The van der Waals surface area contributed by atoms with E-state index < -0.39 is 6.10 Å². The molecule has 0 heterocycles. The highest BCUT2D eigenvalue weighted by Gasteiger charge is 2.33. The minimum absolute atomic E-state index is 0.0409. The van der Waals surface area contributed by atoms with Gasteiger partial charge >= 0.3 is 0 Å². The maximum Gasteiger partial charge on any atom is 0.217 e. The van der Waals surface area contributed by atoms with Crippen LogP contribution in [0.2, 0.25) is 0 Å². The summed E-state index contributed by atoms with van der Waals surface area (Å²) in [6.07, 6.45) is 18.7. The maximum absolute atomic E-state index is 11.8. The number of amides is 1. The molecule has 1 amide bonds. The summed E-state index contributed by atoms with van der Waals surface area (Å²) in [6.45, 7) is 3.60. The zero-order valence-corrected chi connectivity index (χ0v) is 17.1. The highest BCUT2D eigenvalue weighted by molar-refractivity contribution is 5.74. The van der Waals surface area contributed by atoms with E-state index in [2.05, 4.69) is 35.7 Å². The van der Waals surface area contributed by atoms with Crippen molar-refractivity contribution in [1.82, 2.24) is 5.32 Å². The number of fused-ring (bicyclic) bond motifs is 3. The summed E-state index contributed by atoms with van der Waals surface area (Å²) in [5.41, 5.74) is 5.09. The predicted octanol–water partition coefficient (Wildman–Crippen LogP) is 4.27. The number of hydrogen-bond donors (Lipinski definition) is 2. The SMILES string of the molecule is C/C=C/C1=C/C=C2/CC[C@H](NC(C)=O)C3=CC(O)C(OC)=CCC3/C2=C/CC1. The topological polar surface area (TPSA) is 58.6 Å². The number of methoxy groups -OCH3 is 1. The number of nitrogens with one attached hydrogen (secondary N) is 1. The Morgan fingerprint density at radius 3 is 2.82 bits per heavy atom. The van der Waals surface area contributed by atoms with Crippen LogP contribution in [0.4, 0.5) is 0 Å². The van der Waals surface area contributed by atoms with Crippen LogP contribution in [0.3, 0.4) is 0 Å². The van der Waals surface area contributed by atoms with Crippen molar-refractivity contribution >= 4 is 5.91 Å². The Hall–Kier alpha value is -2.33. The van der Waals surface area contributed by atoms with Crippen LogP contribution >= 0.6 is 0 Å². The minimum atomic E-state index is -0.776. The summed E-state index contributed by atoms with van der Waals surface area (Å²) >= 11 is 0. The van der Waals surface area contributed by atoms with Gasteiger partial charge in [0, 0.05) is 12.8 Å². The Labute approximate surface area is 168 Å². The summed E-state index contributed by atoms with van der Waals surface area (Å²) in [6, 6.07) is -0.0733. The summed E-state index contributed by atoms with van der Waals surface area (Å²) in [7, 11) is 1.59. The molecule has 3 aliphatic rings. The smallest absolute Gasteiger partial charge is 0.217 e. The molecular weight excluding hydrogens is 350 g/mol. The third-order valence-corrected chi connectivity index (χ3v) is 5.74. The Morgan fingerprint density at radius 1 is 1.29 bits per heavy atom. The average molecular weight is 382 g/mol. The van der Waals surface area contributed by atoms with Crippen molar-refractivity contribution in [1.29, 1.82) is 0 Å². The molecule has 0 aromatic rings. The van der Waals surface area contributed by atoms with E-state index >= 15 is 0 Å². The second-order valence-corrected chi connectivity index (χ2v) is 7.63. The highest BCUT2D eigenvalue weighted by Crippen LogP contribution is 2.41. The van der Waals surface area contributed by atoms with Crippen molar-refractivity contribution in [2.75, 3.05) is 7.11 Å². The lowest BCUT2D eigenvalue weighted by Gasteiger charge is -2.26. The number of hydrogen-bond acceptors (Lipinski definition) is 3. The summed E-state index contributed by atoms with van der Waals surface area (Å²) in [4.78, 5) is 11.8. The molecule has 0 aromatic carbocycles. The van der Waals surface area contributed by atoms with Crippen LogP contribution in [0.25, 0.3) is 0 Å². The fourth-order valence-corrected chi connectivity index (χ4v) is 4.47. The van der Waals surface area contributed by atoms with Gasteiger partial charge in [0.15, 0.2) is 0 Å². The molecule has 0 spiro atoms. The van der Waals surface area contributed by atoms with Crippen LogP contribution in [0.1, 0.15) is 46.0 Å². The average Bonchev–Trinajstić information content (AvgIpc) is 2.87. The van der Waals surface area contributed by atoms with Gasteiger partial charge in [0.25, 0.3) is 0 Å². The number of carbonyl (C=O) groups is 1. The molecule has 150 valence electrons. The van der Waals surface area contributed by atoms with E-state index in [-0.39, 0.29) is 17.9 Å². The summed E-state index contributed by atoms with van der Waals surface area (Å²) in [5, 5.41) is 13.7. The first-order valence-electron chi connectivity index (χ1n) is 10.2. The fourth-order valence-electron chi connectivity index (χ4n) is 4.47. The maximum atomic E-state index is 11.8. The lowest BCUT2D eigenvalue weighted by molar-refractivity contribution is -0.119. The molecule has 2 unspecified atom stereocenters. The fraction of sp³-hybridized carbons (Fsp3) is 0.458. The van der Waals surface area contributed by atoms with Crippen LogP contribution in [0, 0.1) is 5.92 Å². The molecule has 2 N–H and O–H groups in total. The summed E-state index contributed by atoms with van der Waals surface area (Å²) in [5.74, 6) is 0.680. The molecule has 3 aliphatic carbocycles. The van der Waals surface area contributed by atoms with E-state index in [0.717, 1.165) is 37.7 Å². The zero-order chi connectivity index (χ0) is 20.1. The van der Waals surface area contributed by atoms with Gasteiger partial charge in [0.1, 0.15) is 11.9 Å². The molecule has 0 bridgehead atoms. The third-order valence-electron chi connectivity index (χ3n) is 5.74. The molecule has 0 saturated heterocycles. The number of aliphatic hydroxyl groups is 1. The van der Waals surface area contributed by atoms with Gasteiger partial charge in [-0.05, 0) is 73.5 Å². The predicted molar refractivity (Wildman–Crippen MR) is 112 cm³/mol. The van der Waals surface area contributed by atoms with Crippen LogP contribution in [0.5, 0.6) is 0 Å². The first-order valence-corrected chi connectivity index (χ1v) is 10.2. The Morgan fingerprint density at radius 2 is 2.11 bits per heavy atom. The van der Waals surface area contributed by atoms with Crippen LogP contribution in [-0.4, -0.2) is 30.3 Å². The Kier molecular flexibility index (Phi) is 6.74. The van der Waals surface area contributed by atoms with E-state index in [1.165, 1.54) is 16.7 Å². The van der Waals surface area contributed by atoms with E-state index in [0.29, 0.717) is 5.76 Å². The molecule has 3 rings (SSSR count). The van der Waals surface area contributed by atoms with Crippen LogP contribution in [0.15, 0.2) is 70.6 Å². The van der Waals surface area contributed by atoms with Crippen LogP contribution < -0.4 is 5.32 Å². The normalized spacial score (nSPS) is 33.6. The Balaban J connectivity index is 2.06. The number of ether oxygens (including phenoxy) is 1. The lowest BCUT2D eigenvalue weighted by Crippen LogP contribution is -2.36. The number of rotatable bonds is 3. The molecule has 0 aliphatic heterocycles. The quantitative estimate of drug-likeness (QED) is 0.718. The number of allylic oxidation sites excluding steroid dienone is 9. The molecule has 0 aromatic heterocycles. The minimum Gasteiger partial charge on any atom is -0.498 e. The molecule has 0 radical (unpaired) electrons. The first-order chi connectivity index (χ1) is 13.5. The van der Waals surface area contributed by atoms with Gasteiger partial charge in [-0.2, -0.15) is 0 Å². The molecular formula is C24H31NO3. The van der Waals surface area contributed by atoms with Gasteiger partial charge < -0.3 is 15.2 Å². The van der Waals surface area contributed by atoms with E-state index in [4.69, 9.17) is 4.74 Å². The molecule has 28 heavy (non-hydrogen) atoms. The largest absolute Gasteiger partial charge is 0.498 e. The van der Waals surface area contributed by atoms with Gasteiger partial charge in [0.2, 0.25) is 5.91 Å². The standard InChI is InChI=1S/C24H31NO3/c1-4-6-17-7-5-8-19-18(10-9-17)11-13-22(25-16(2)26)21-15-23(27)24(28-3)14-12-20(19)21/h4,6,8-10,14-15,20,22-23,27H,5,7,11-13H2,1-3H3,(H,25,26)/b6-4+,17-9-,18-10-,19-8+/t20?,22-,23?/m0/s1. The first kappa shape index (κ1) is 20.4. The van der Waals surface area contributed by atoms with Crippen molar-refractivity contribution in [3.05, 3.63) is 70.6 Å². The molecule has 1 fully saturated rings. The van der Waals surface area contributed by atoms with Crippen molar-refractivity contribution in [3.8, 4) is 0 Å². The Bertz CT molecular complexity index is 795. The zero-order valence-electron chi connectivity index (χ0n) is 17.1. The second-order valence-electron chi connectivity index (χ2n) is 7.63. The van der Waals surface area contributed by atoms with Gasteiger partial charge in [-0.15, -0.1) is 0 Å². The van der Waals surface area contributed by atoms with Crippen molar-refractivity contribution in [2.24, 2.45) is 5.92 Å². The highest BCUT2D eigenvalue weighted by atomic mass is 16.5. The van der Waals surface area contributed by atoms with Gasteiger partial charge in [0.05, 0.1) is 13.2 Å². The van der Waals surface area contributed by atoms with Gasteiger partial charge in [-0.25, -0.2) is 0 Å². The van der Waals surface area contributed by atoms with Gasteiger partial charge in [-0.3, -0.25) is 4.79 Å². The van der Waals surface area contributed by atoms with Crippen molar-refractivity contribution in [3.63, 3.8) is 0 Å². The van der Waals surface area contributed by atoms with E-state index in [9.17, 15) is 9.90 Å². The van der Waals surface area contributed by atoms with E-state index in [1.54, 1.807) is 14.0 Å². The molecule has 4 nitrogen and oxygen atoms in total. The van der Waals surface area contributed by atoms with Crippen molar-refractivity contribution < 1.29 is 14.6 Å². The lowest BCUT2D eigenvalue weighted by atomic mass is 9.82. The molecule has 3 atom stereocenters. The third kappa shape index (κ3) is 4.56. The number of carbonyl (C=O) groups excluding carboxylic acids is 1. The van der Waals surface area contributed by atoms with Gasteiger partial charge in [-0.1, -0.05) is 30.4 Å². The molecule has 1 saturated carbocycles. The summed E-state index contributed by atoms with van der Waals surface area (Å²) < 4.78 is 5.39. The second kappa shape index (κ2) is 9.24. The molecule has 4 heteroatoms.